The van der Waals surface area contributed by atoms with Crippen LogP contribution in [-0.4, -0.2) is 66.7 Å². The van der Waals surface area contributed by atoms with Crippen molar-refractivity contribution in [3.8, 4) is 0 Å². The highest BCUT2D eigenvalue weighted by Crippen LogP contribution is 2.13. The van der Waals surface area contributed by atoms with Gasteiger partial charge in [0, 0.05) is 26.2 Å². The van der Waals surface area contributed by atoms with Crippen molar-refractivity contribution in [2.45, 2.75) is 33.2 Å². The fraction of sp³-hybridized carbons (Fsp3) is 0.917. The van der Waals surface area contributed by atoms with E-state index in [4.69, 9.17) is 5.11 Å². The average Bonchev–Trinajstić information content (AvgIpc) is 2.35. The van der Waals surface area contributed by atoms with Crippen molar-refractivity contribution < 1.29 is 18.3 Å². The van der Waals surface area contributed by atoms with Crippen LogP contribution in [0.5, 0.6) is 0 Å². The molecule has 0 aromatic rings. The maximum Gasteiger partial charge on any atom is 0.320 e. The summed E-state index contributed by atoms with van der Waals surface area (Å²) in [6.07, 6.45) is 0.661. The van der Waals surface area contributed by atoms with E-state index in [9.17, 15) is 13.2 Å². The maximum atomic E-state index is 12.1. The molecule has 1 saturated heterocycles. The highest BCUT2D eigenvalue weighted by atomic mass is 32.2. The molecule has 7 heteroatoms. The lowest BCUT2D eigenvalue weighted by atomic mass is 10.2. The van der Waals surface area contributed by atoms with Crippen molar-refractivity contribution in [1.29, 1.82) is 0 Å². The number of nitrogens with zero attached hydrogens (tertiary/aromatic N) is 2. The monoisotopic (exact) mass is 292 g/mol. The van der Waals surface area contributed by atoms with Crippen molar-refractivity contribution in [2.75, 3.05) is 31.9 Å². The minimum absolute atomic E-state index is 0.180. The van der Waals surface area contributed by atoms with Crippen molar-refractivity contribution in [2.24, 2.45) is 5.92 Å². The molecule has 112 valence electrons. The molecule has 0 radical (unpaired) electrons. The third kappa shape index (κ3) is 4.74. The summed E-state index contributed by atoms with van der Waals surface area (Å²) in [6.45, 7) is 7.37. The van der Waals surface area contributed by atoms with Gasteiger partial charge in [-0.15, -0.1) is 0 Å². The fourth-order valence-electron chi connectivity index (χ4n) is 2.04. The largest absolute Gasteiger partial charge is 0.480 e. The summed E-state index contributed by atoms with van der Waals surface area (Å²) in [5, 5.41) is 8.93. The van der Waals surface area contributed by atoms with Gasteiger partial charge in [0.05, 0.1) is 5.75 Å². The Kier molecular flexibility index (Phi) is 5.76. The zero-order valence-corrected chi connectivity index (χ0v) is 12.7. The summed E-state index contributed by atoms with van der Waals surface area (Å²) in [5.41, 5.74) is 0. The maximum absolute atomic E-state index is 12.1. The van der Waals surface area contributed by atoms with Crippen LogP contribution in [0.25, 0.3) is 0 Å². The number of carbonyl (C=O) groups is 1. The number of aliphatic carboxylic acids is 1. The van der Waals surface area contributed by atoms with E-state index in [1.165, 1.54) is 4.31 Å². The number of hydrogen-bond acceptors (Lipinski definition) is 4. The molecule has 1 atom stereocenters. The van der Waals surface area contributed by atoms with Crippen LogP contribution in [0.2, 0.25) is 0 Å². The third-order valence-electron chi connectivity index (χ3n) is 3.52. The summed E-state index contributed by atoms with van der Waals surface area (Å²) in [4.78, 5) is 12.7. The standard InChI is InChI=1S/C12H24N2O4S/c1-10(2)4-9-19(17,18)14-7-5-13(6-8-14)11(3)12(15)16/h10-11H,4-9H2,1-3H3,(H,15,16). The summed E-state index contributed by atoms with van der Waals surface area (Å²) < 4.78 is 25.7. The SMILES string of the molecule is CC(C)CCS(=O)(=O)N1CCN(C(C)C(=O)O)CC1. The van der Waals surface area contributed by atoms with Crippen LogP contribution < -0.4 is 0 Å². The summed E-state index contributed by atoms with van der Waals surface area (Å²) in [5.74, 6) is -0.321. The Morgan fingerprint density at radius 1 is 1.16 bits per heavy atom. The van der Waals surface area contributed by atoms with Gasteiger partial charge in [0.2, 0.25) is 10.0 Å². The lowest BCUT2D eigenvalue weighted by Gasteiger charge is -2.35. The Bertz CT molecular complexity index is 400. The smallest absolute Gasteiger partial charge is 0.320 e. The van der Waals surface area contributed by atoms with Gasteiger partial charge < -0.3 is 5.11 Å². The normalized spacial score (nSPS) is 20.6. The number of carboxylic acids is 1. The van der Waals surface area contributed by atoms with E-state index in [-0.39, 0.29) is 5.75 Å². The molecule has 0 amide bonds. The van der Waals surface area contributed by atoms with Crippen molar-refractivity contribution in [1.82, 2.24) is 9.21 Å². The average molecular weight is 292 g/mol. The lowest BCUT2D eigenvalue weighted by molar-refractivity contribution is -0.143. The molecule has 6 nitrogen and oxygen atoms in total. The predicted molar refractivity (Wildman–Crippen MR) is 73.5 cm³/mol. The van der Waals surface area contributed by atoms with Gasteiger partial charge in [-0.1, -0.05) is 13.8 Å². The lowest BCUT2D eigenvalue weighted by Crippen LogP contribution is -2.53. The van der Waals surface area contributed by atoms with E-state index in [1.807, 2.05) is 13.8 Å². The molecule has 1 heterocycles. The molecule has 1 fully saturated rings. The van der Waals surface area contributed by atoms with Gasteiger partial charge in [0.1, 0.15) is 6.04 Å². The highest BCUT2D eigenvalue weighted by Gasteiger charge is 2.30. The van der Waals surface area contributed by atoms with Crippen LogP contribution in [0.1, 0.15) is 27.2 Å². The predicted octanol–water partition coefficient (Wildman–Crippen LogP) is 0.453. The molecule has 19 heavy (non-hydrogen) atoms. The molecule has 0 aliphatic carbocycles. The second kappa shape index (κ2) is 6.67. The highest BCUT2D eigenvalue weighted by molar-refractivity contribution is 7.89. The Morgan fingerprint density at radius 3 is 2.11 bits per heavy atom. The first-order valence-electron chi connectivity index (χ1n) is 6.68. The van der Waals surface area contributed by atoms with Gasteiger partial charge in [-0.05, 0) is 19.3 Å². The van der Waals surface area contributed by atoms with Crippen LogP contribution in [0.15, 0.2) is 0 Å². The number of piperazine rings is 1. The first kappa shape index (κ1) is 16.4. The molecule has 0 aromatic heterocycles. The summed E-state index contributed by atoms with van der Waals surface area (Å²) >= 11 is 0. The van der Waals surface area contributed by atoms with Gasteiger partial charge in [-0.25, -0.2) is 8.42 Å². The minimum atomic E-state index is -3.19. The molecule has 0 spiro atoms. The quantitative estimate of drug-likeness (QED) is 0.769. The second-order valence-electron chi connectivity index (χ2n) is 5.45. The van der Waals surface area contributed by atoms with E-state index >= 15 is 0 Å². The number of carboxylic acid groups (broad SMARTS) is 1. The Balaban J connectivity index is 2.51. The van der Waals surface area contributed by atoms with E-state index < -0.39 is 22.0 Å². The zero-order valence-electron chi connectivity index (χ0n) is 11.9. The Hall–Kier alpha value is -0.660. The van der Waals surface area contributed by atoms with Crippen molar-refractivity contribution >= 4 is 16.0 Å². The summed E-state index contributed by atoms with van der Waals surface area (Å²) in [6, 6.07) is -0.555. The number of rotatable bonds is 6. The molecular formula is C12H24N2O4S. The second-order valence-corrected chi connectivity index (χ2v) is 7.54. The van der Waals surface area contributed by atoms with Gasteiger partial charge >= 0.3 is 5.97 Å². The number of hydrogen-bond donors (Lipinski definition) is 1. The molecule has 1 unspecified atom stereocenters. The van der Waals surface area contributed by atoms with Crippen molar-refractivity contribution in [3.05, 3.63) is 0 Å². The van der Waals surface area contributed by atoms with Gasteiger partial charge in [0.15, 0.2) is 0 Å². The van der Waals surface area contributed by atoms with Crippen LogP contribution in [0, 0.1) is 5.92 Å². The topological polar surface area (TPSA) is 77.9 Å². The fourth-order valence-corrected chi connectivity index (χ4v) is 3.79. The number of sulfonamides is 1. The molecule has 0 aromatic carbocycles. The van der Waals surface area contributed by atoms with E-state index in [2.05, 4.69) is 0 Å². The molecule has 1 aliphatic heterocycles. The first-order chi connectivity index (χ1) is 8.74. The van der Waals surface area contributed by atoms with Gasteiger partial charge in [0.25, 0.3) is 0 Å². The molecule has 1 rings (SSSR count). The van der Waals surface area contributed by atoms with E-state index in [0.29, 0.717) is 38.5 Å². The third-order valence-corrected chi connectivity index (χ3v) is 5.43. The molecule has 1 N–H and O–H groups in total. The van der Waals surface area contributed by atoms with Crippen LogP contribution >= 0.6 is 0 Å². The Labute approximate surface area is 115 Å². The summed E-state index contributed by atoms with van der Waals surface area (Å²) in [7, 11) is -3.19. The molecule has 0 bridgehead atoms. The molecule has 0 saturated carbocycles. The van der Waals surface area contributed by atoms with Crippen LogP contribution in [0.3, 0.4) is 0 Å². The van der Waals surface area contributed by atoms with Crippen molar-refractivity contribution in [3.63, 3.8) is 0 Å². The first-order valence-corrected chi connectivity index (χ1v) is 8.29. The minimum Gasteiger partial charge on any atom is -0.480 e. The van der Waals surface area contributed by atoms with E-state index in [1.54, 1.807) is 11.8 Å². The van der Waals surface area contributed by atoms with Gasteiger partial charge in [-0.3, -0.25) is 9.69 Å². The Morgan fingerprint density at radius 2 is 1.68 bits per heavy atom. The van der Waals surface area contributed by atoms with Crippen LogP contribution in [0.4, 0.5) is 0 Å². The van der Waals surface area contributed by atoms with Crippen LogP contribution in [-0.2, 0) is 14.8 Å². The zero-order chi connectivity index (χ0) is 14.6. The molecule has 1 aliphatic rings. The molecular weight excluding hydrogens is 268 g/mol. The van der Waals surface area contributed by atoms with E-state index in [0.717, 1.165) is 0 Å². The van der Waals surface area contributed by atoms with Gasteiger partial charge in [-0.2, -0.15) is 4.31 Å².